The van der Waals surface area contributed by atoms with Crippen LogP contribution in [0.2, 0.25) is 5.15 Å². The maximum absolute atomic E-state index is 5.90. The van der Waals surface area contributed by atoms with Crippen molar-refractivity contribution in [3.05, 3.63) is 16.3 Å². The average Bonchev–Trinajstić information content (AvgIpc) is 3.08. The van der Waals surface area contributed by atoms with Gasteiger partial charge in [-0.25, -0.2) is 0 Å². The fraction of sp³-hybridized carbons (Fsp3) is 0.667. The van der Waals surface area contributed by atoms with Crippen molar-refractivity contribution in [3.8, 4) is 0 Å². The molecule has 1 aromatic heterocycles. The summed E-state index contributed by atoms with van der Waals surface area (Å²) in [7, 11) is 0. The Morgan fingerprint density at radius 1 is 1.25 bits per heavy atom. The molecule has 1 heterocycles. The maximum Gasteiger partial charge on any atom is 0.155 e. The zero-order valence-electron chi connectivity index (χ0n) is 9.89. The molecule has 3 nitrogen and oxygen atoms in total. The Morgan fingerprint density at radius 2 is 2.00 bits per heavy atom. The minimum absolute atomic E-state index is 0.501. The number of aromatic nitrogens is 2. The molecule has 1 aliphatic rings. The quantitative estimate of drug-likeness (QED) is 0.801. The molecule has 0 bridgehead atoms. The molecule has 0 amide bonds. The molecule has 0 saturated heterocycles. The van der Waals surface area contributed by atoms with Crippen LogP contribution < -0.4 is 5.32 Å². The summed E-state index contributed by atoms with van der Waals surface area (Å²) < 4.78 is 0. The van der Waals surface area contributed by atoms with Gasteiger partial charge in [0.2, 0.25) is 0 Å². The Morgan fingerprint density at radius 3 is 2.69 bits per heavy atom. The van der Waals surface area contributed by atoms with E-state index >= 15 is 0 Å². The van der Waals surface area contributed by atoms with Crippen molar-refractivity contribution < 1.29 is 0 Å². The number of nitrogens with one attached hydrogen (secondary N) is 1. The summed E-state index contributed by atoms with van der Waals surface area (Å²) in [5, 5.41) is 11.8. The first-order valence-corrected chi connectivity index (χ1v) is 6.29. The van der Waals surface area contributed by atoms with E-state index < -0.39 is 0 Å². The number of halogens is 1. The van der Waals surface area contributed by atoms with E-state index in [1.54, 1.807) is 0 Å². The molecule has 1 aromatic rings. The topological polar surface area (TPSA) is 37.8 Å². The summed E-state index contributed by atoms with van der Waals surface area (Å²) in [4.78, 5) is 0. The lowest BCUT2D eigenvalue weighted by atomic mass is 10.2. The van der Waals surface area contributed by atoms with Crippen LogP contribution in [0.25, 0.3) is 0 Å². The van der Waals surface area contributed by atoms with Gasteiger partial charge in [-0.15, -0.1) is 10.2 Å². The predicted octanol–water partition coefficient (Wildman–Crippen LogP) is 3.35. The smallest absolute Gasteiger partial charge is 0.155 e. The molecule has 2 rings (SSSR count). The molecule has 1 fully saturated rings. The van der Waals surface area contributed by atoms with E-state index in [4.69, 9.17) is 11.6 Å². The van der Waals surface area contributed by atoms with Crippen molar-refractivity contribution >= 4 is 17.4 Å². The van der Waals surface area contributed by atoms with Crippen molar-refractivity contribution in [3.63, 3.8) is 0 Å². The highest BCUT2D eigenvalue weighted by molar-refractivity contribution is 6.30. The molecule has 0 radical (unpaired) electrons. The minimum atomic E-state index is 0.501. The molecule has 0 aromatic carbocycles. The van der Waals surface area contributed by atoms with E-state index in [9.17, 15) is 0 Å². The Labute approximate surface area is 102 Å². The SMILES string of the molecule is Cc1c(Cl)nnc(NCCCC2CC2)c1C. The van der Waals surface area contributed by atoms with Gasteiger partial charge in [-0.1, -0.05) is 24.4 Å². The third kappa shape index (κ3) is 2.85. The fourth-order valence-corrected chi connectivity index (χ4v) is 1.93. The monoisotopic (exact) mass is 239 g/mol. The second kappa shape index (κ2) is 5.00. The van der Waals surface area contributed by atoms with Gasteiger partial charge in [0.15, 0.2) is 11.0 Å². The van der Waals surface area contributed by atoms with Gasteiger partial charge < -0.3 is 5.32 Å². The van der Waals surface area contributed by atoms with Crippen molar-refractivity contribution in [2.75, 3.05) is 11.9 Å². The fourth-order valence-electron chi connectivity index (χ4n) is 1.75. The average molecular weight is 240 g/mol. The van der Waals surface area contributed by atoms with Crippen molar-refractivity contribution in [2.45, 2.75) is 39.5 Å². The molecule has 1 aliphatic carbocycles. The number of hydrogen-bond acceptors (Lipinski definition) is 3. The standard InChI is InChI=1S/C12H18ClN3/c1-8-9(2)12(16-15-11(8)13)14-7-3-4-10-5-6-10/h10H,3-7H2,1-2H3,(H,14,16). The number of hydrogen-bond donors (Lipinski definition) is 1. The van der Waals surface area contributed by atoms with Crippen LogP contribution in [0.1, 0.15) is 36.8 Å². The third-order valence-electron chi connectivity index (χ3n) is 3.24. The molecule has 1 N–H and O–H groups in total. The molecule has 0 aliphatic heterocycles. The first-order chi connectivity index (χ1) is 7.68. The number of rotatable bonds is 5. The molecule has 16 heavy (non-hydrogen) atoms. The van der Waals surface area contributed by atoms with E-state index in [-0.39, 0.29) is 0 Å². The van der Waals surface area contributed by atoms with Gasteiger partial charge in [0, 0.05) is 6.54 Å². The van der Waals surface area contributed by atoms with Gasteiger partial charge in [0.1, 0.15) is 0 Å². The number of nitrogens with zero attached hydrogens (tertiary/aromatic N) is 2. The Kier molecular flexibility index (Phi) is 3.64. The van der Waals surface area contributed by atoms with E-state index in [2.05, 4.69) is 15.5 Å². The molecule has 0 spiro atoms. The summed E-state index contributed by atoms with van der Waals surface area (Å²) in [5.74, 6) is 1.87. The predicted molar refractivity (Wildman–Crippen MR) is 67.0 cm³/mol. The molecular weight excluding hydrogens is 222 g/mol. The highest BCUT2D eigenvalue weighted by Crippen LogP contribution is 2.33. The van der Waals surface area contributed by atoms with Crippen LogP contribution in [0.15, 0.2) is 0 Å². The molecule has 1 saturated carbocycles. The first-order valence-electron chi connectivity index (χ1n) is 5.91. The lowest BCUT2D eigenvalue weighted by Crippen LogP contribution is -2.07. The lowest BCUT2D eigenvalue weighted by Gasteiger charge is -2.09. The minimum Gasteiger partial charge on any atom is -0.368 e. The van der Waals surface area contributed by atoms with Gasteiger partial charge in [0.25, 0.3) is 0 Å². The molecule has 0 atom stereocenters. The molecule has 88 valence electrons. The Balaban J connectivity index is 1.85. The van der Waals surface area contributed by atoms with Crippen LogP contribution in [0, 0.1) is 19.8 Å². The summed E-state index contributed by atoms with van der Waals surface area (Å²) in [6.45, 7) is 4.98. The molecular formula is C12H18ClN3. The van der Waals surface area contributed by atoms with Gasteiger partial charge in [-0.3, -0.25) is 0 Å². The first kappa shape index (κ1) is 11.6. The molecule has 4 heteroatoms. The van der Waals surface area contributed by atoms with E-state index in [1.165, 1.54) is 25.7 Å². The largest absolute Gasteiger partial charge is 0.368 e. The van der Waals surface area contributed by atoms with Gasteiger partial charge >= 0.3 is 0 Å². The maximum atomic E-state index is 5.90. The second-order valence-electron chi connectivity index (χ2n) is 4.60. The van der Waals surface area contributed by atoms with Crippen LogP contribution in [-0.2, 0) is 0 Å². The molecule has 0 unspecified atom stereocenters. The van der Waals surface area contributed by atoms with Crippen molar-refractivity contribution in [2.24, 2.45) is 5.92 Å². The zero-order valence-corrected chi connectivity index (χ0v) is 10.6. The third-order valence-corrected chi connectivity index (χ3v) is 3.60. The lowest BCUT2D eigenvalue weighted by molar-refractivity contribution is 0.685. The van der Waals surface area contributed by atoms with Gasteiger partial charge in [-0.05, 0) is 43.7 Å². The van der Waals surface area contributed by atoms with Gasteiger partial charge in [-0.2, -0.15) is 0 Å². The normalized spacial score (nSPS) is 15.2. The number of anilines is 1. The zero-order chi connectivity index (χ0) is 11.5. The van der Waals surface area contributed by atoms with E-state index in [0.717, 1.165) is 29.4 Å². The summed E-state index contributed by atoms with van der Waals surface area (Å²) in [5.41, 5.74) is 2.12. The summed E-state index contributed by atoms with van der Waals surface area (Å²) >= 11 is 5.90. The highest BCUT2D eigenvalue weighted by atomic mass is 35.5. The van der Waals surface area contributed by atoms with Crippen LogP contribution in [0.3, 0.4) is 0 Å². The summed E-state index contributed by atoms with van der Waals surface area (Å²) in [6.07, 6.45) is 5.41. The van der Waals surface area contributed by atoms with Crippen LogP contribution >= 0.6 is 11.6 Å². The summed E-state index contributed by atoms with van der Waals surface area (Å²) in [6, 6.07) is 0. The van der Waals surface area contributed by atoms with Gasteiger partial charge in [0.05, 0.1) is 0 Å². The van der Waals surface area contributed by atoms with E-state index in [1.807, 2.05) is 13.8 Å². The van der Waals surface area contributed by atoms with Crippen molar-refractivity contribution in [1.29, 1.82) is 0 Å². The van der Waals surface area contributed by atoms with Crippen LogP contribution in [0.5, 0.6) is 0 Å². The van der Waals surface area contributed by atoms with Crippen molar-refractivity contribution in [1.82, 2.24) is 10.2 Å². The Bertz CT molecular complexity index is 375. The van der Waals surface area contributed by atoms with E-state index in [0.29, 0.717) is 5.15 Å². The second-order valence-corrected chi connectivity index (χ2v) is 4.96. The van der Waals surface area contributed by atoms with Crippen LogP contribution in [0.4, 0.5) is 5.82 Å². The highest BCUT2D eigenvalue weighted by Gasteiger charge is 2.20. The Hall–Kier alpha value is -0.830. The van der Waals surface area contributed by atoms with Crippen LogP contribution in [-0.4, -0.2) is 16.7 Å².